The molecule has 18 heavy (non-hydrogen) atoms. The summed E-state index contributed by atoms with van der Waals surface area (Å²) in [5.74, 6) is 0.167. The zero-order chi connectivity index (χ0) is 13.5. The van der Waals surface area contributed by atoms with Crippen LogP contribution >= 0.6 is 0 Å². The fourth-order valence-electron chi connectivity index (χ4n) is 2.17. The van der Waals surface area contributed by atoms with Gasteiger partial charge in [0.2, 0.25) is 5.91 Å². The van der Waals surface area contributed by atoms with E-state index in [0.29, 0.717) is 6.42 Å². The molecule has 0 aromatic heterocycles. The van der Waals surface area contributed by atoms with Gasteiger partial charge in [-0.05, 0) is 31.0 Å². The average molecular weight is 248 g/mol. The van der Waals surface area contributed by atoms with Crippen molar-refractivity contribution < 1.29 is 4.79 Å². The van der Waals surface area contributed by atoms with E-state index in [9.17, 15) is 4.79 Å². The van der Waals surface area contributed by atoms with Gasteiger partial charge < -0.3 is 10.2 Å². The summed E-state index contributed by atoms with van der Waals surface area (Å²) in [5, 5.41) is 3.01. The number of nitrogens with one attached hydrogen (secondary N) is 1. The first-order valence-electron chi connectivity index (χ1n) is 6.67. The highest BCUT2D eigenvalue weighted by Crippen LogP contribution is 2.26. The highest BCUT2D eigenvalue weighted by molar-refractivity contribution is 5.94. The first-order chi connectivity index (χ1) is 8.65. The minimum atomic E-state index is 0.167. The number of aryl methyl sites for hydroxylation is 2. The van der Waals surface area contributed by atoms with E-state index < -0.39 is 0 Å². The van der Waals surface area contributed by atoms with Crippen LogP contribution in [0.5, 0.6) is 0 Å². The molecule has 1 aromatic carbocycles. The molecule has 1 aromatic rings. The lowest BCUT2D eigenvalue weighted by molar-refractivity contribution is -0.118. The summed E-state index contributed by atoms with van der Waals surface area (Å²) < 4.78 is 0. The van der Waals surface area contributed by atoms with Crippen LogP contribution in [0, 0.1) is 0 Å². The maximum absolute atomic E-state index is 12.1. The van der Waals surface area contributed by atoms with Crippen LogP contribution in [-0.4, -0.2) is 26.5 Å². The van der Waals surface area contributed by atoms with Gasteiger partial charge >= 0.3 is 0 Å². The molecule has 100 valence electrons. The maximum atomic E-state index is 12.1. The average Bonchev–Trinajstić information content (AvgIpc) is 2.42. The van der Waals surface area contributed by atoms with Crippen LogP contribution < -0.4 is 10.2 Å². The third-order valence-electron chi connectivity index (χ3n) is 3.26. The Morgan fingerprint density at radius 3 is 2.22 bits per heavy atom. The van der Waals surface area contributed by atoms with Gasteiger partial charge in [-0.3, -0.25) is 4.79 Å². The number of benzene rings is 1. The van der Waals surface area contributed by atoms with Gasteiger partial charge in [-0.15, -0.1) is 0 Å². The molecular formula is C15H24N2O. The van der Waals surface area contributed by atoms with E-state index in [1.54, 1.807) is 0 Å². The standard InChI is InChI=1S/C15H24N2O/c1-5-12-8-7-9-13(6-2)15(12)17(4)14(18)10-11-16-3/h7-9,16H,5-6,10-11H2,1-4H3. The van der Waals surface area contributed by atoms with Gasteiger partial charge in [-0.1, -0.05) is 32.0 Å². The first-order valence-corrected chi connectivity index (χ1v) is 6.67. The van der Waals surface area contributed by atoms with Gasteiger partial charge in [0, 0.05) is 25.7 Å². The molecule has 0 fully saturated rings. The molecule has 0 saturated carbocycles. The Morgan fingerprint density at radius 1 is 1.22 bits per heavy atom. The minimum Gasteiger partial charge on any atom is -0.319 e. The summed E-state index contributed by atoms with van der Waals surface area (Å²) in [5.41, 5.74) is 3.59. The fourth-order valence-corrected chi connectivity index (χ4v) is 2.17. The predicted octanol–water partition coefficient (Wildman–Crippen LogP) is 2.38. The second-order valence-electron chi connectivity index (χ2n) is 4.44. The topological polar surface area (TPSA) is 32.3 Å². The molecule has 0 aliphatic heterocycles. The van der Waals surface area contributed by atoms with E-state index in [0.717, 1.165) is 25.1 Å². The molecule has 3 nitrogen and oxygen atoms in total. The summed E-state index contributed by atoms with van der Waals surface area (Å²) in [6, 6.07) is 6.29. The lowest BCUT2D eigenvalue weighted by Crippen LogP contribution is -2.30. The molecule has 1 amide bonds. The Balaban J connectivity index is 3.02. The molecule has 0 aliphatic carbocycles. The second kappa shape index (κ2) is 7.17. The van der Waals surface area contributed by atoms with Crippen molar-refractivity contribution >= 4 is 11.6 Å². The van der Waals surface area contributed by atoms with Crippen LogP contribution in [0.3, 0.4) is 0 Å². The van der Waals surface area contributed by atoms with E-state index >= 15 is 0 Å². The Kier molecular flexibility index (Phi) is 5.86. The van der Waals surface area contributed by atoms with Gasteiger partial charge in [0.1, 0.15) is 0 Å². The normalized spacial score (nSPS) is 10.4. The Hall–Kier alpha value is -1.35. The van der Waals surface area contributed by atoms with Crippen LogP contribution in [-0.2, 0) is 17.6 Å². The number of carbonyl (C=O) groups excluding carboxylic acids is 1. The molecule has 0 atom stereocenters. The van der Waals surface area contributed by atoms with Crippen molar-refractivity contribution in [2.45, 2.75) is 33.1 Å². The number of anilines is 1. The second-order valence-corrected chi connectivity index (χ2v) is 4.44. The zero-order valence-electron chi connectivity index (χ0n) is 11.9. The number of nitrogens with zero attached hydrogens (tertiary/aromatic N) is 1. The van der Waals surface area contributed by atoms with Crippen molar-refractivity contribution in [3.05, 3.63) is 29.3 Å². The van der Waals surface area contributed by atoms with Gasteiger partial charge in [0.15, 0.2) is 0 Å². The fraction of sp³-hybridized carbons (Fsp3) is 0.533. The van der Waals surface area contributed by atoms with Gasteiger partial charge in [0.05, 0.1) is 0 Å². The number of amides is 1. The molecule has 0 heterocycles. The predicted molar refractivity (Wildman–Crippen MR) is 77.2 cm³/mol. The SMILES string of the molecule is CCc1cccc(CC)c1N(C)C(=O)CCNC. The summed E-state index contributed by atoms with van der Waals surface area (Å²) in [7, 11) is 3.75. The van der Waals surface area contributed by atoms with Crippen LogP contribution in [0.25, 0.3) is 0 Å². The molecule has 1 rings (SSSR count). The van der Waals surface area contributed by atoms with Crippen molar-refractivity contribution in [3.8, 4) is 0 Å². The molecule has 0 aliphatic rings. The highest BCUT2D eigenvalue weighted by atomic mass is 16.2. The third kappa shape index (κ3) is 3.33. The lowest BCUT2D eigenvalue weighted by atomic mass is 10.0. The Bertz CT molecular complexity index is 379. The number of para-hydroxylation sites is 1. The monoisotopic (exact) mass is 248 g/mol. The Labute approximate surface area is 110 Å². The minimum absolute atomic E-state index is 0.167. The number of hydrogen-bond donors (Lipinski definition) is 1. The van der Waals surface area contributed by atoms with Gasteiger partial charge in [0.25, 0.3) is 0 Å². The van der Waals surface area contributed by atoms with E-state index in [2.05, 4.69) is 37.4 Å². The number of carbonyl (C=O) groups is 1. The van der Waals surface area contributed by atoms with Crippen molar-refractivity contribution in [2.24, 2.45) is 0 Å². The Morgan fingerprint density at radius 2 is 1.78 bits per heavy atom. The summed E-state index contributed by atoms with van der Waals surface area (Å²) in [6.45, 7) is 4.98. The molecule has 0 spiro atoms. The molecule has 1 N–H and O–H groups in total. The largest absolute Gasteiger partial charge is 0.319 e. The maximum Gasteiger partial charge on any atom is 0.228 e. The van der Waals surface area contributed by atoms with Crippen molar-refractivity contribution in [2.75, 3.05) is 25.5 Å². The van der Waals surface area contributed by atoms with Crippen molar-refractivity contribution in [1.29, 1.82) is 0 Å². The summed E-state index contributed by atoms with van der Waals surface area (Å²) >= 11 is 0. The highest BCUT2D eigenvalue weighted by Gasteiger charge is 2.16. The third-order valence-corrected chi connectivity index (χ3v) is 3.26. The van der Waals surface area contributed by atoms with E-state index in [1.165, 1.54) is 11.1 Å². The molecule has 3 heteroatoms. The lowest BCUT2D eigenvalue weighted by Gasteiger charge is -2.23. The molecule has 0 saturated heterocycles. The summed E-state index contributed by atoms with van der Waals surface area (Å²) in [6.07, 6.45) is 2.44. The number of rotatable bonds is 6. The van der Waals surface area contributed by atoms with E-state index in [-0.39, 0.29) is 5.91 Å². The first kappa shape index (κ1) is 14.7. The van der Waals surface area contributed by atoms with E-state index in [1.807, 2.05) is 19.0 Å². The van der Waals surface area contributed by atoms with Crippen LogP contribution in [0.4, 0.5) is 5.69 Å². The van der Waals surface area contributed by atoms with Gasteiger partial charge in [-0.25, -0.2) is 0 Å². The quantitative estimate of drug-likeness (QED) is 0.838. The van der Waals surface area contributed by atoms with Gasteiger partial charge in [-0.2, -0.15) is 0 Å². The van der Waals surface area contributed by atoms with Crippen LogP contribution in [0.15, 0.2) is 18.2 Å². The zero-order valence-corrected chi connectivity index (χ0v) is 11.9. The van der Waals surface area contributed by atoms with Crippen molar-refractivity contribution in [1.82, 2.24) is 5.32 Å². The van der Waals surface area contributed by atoms with Crippen LogP contribution in [0.2, 0.25) is 0 Å². The molecule has 0 unspecified atom stereocenters. The molecule has 0 bridgehead atoms. The molecule has 0 radical (unpaired) electrons. The molecular weight excluding hydrogens is 224 g/mol. The summed E-state index contributed by atoms with van der Waals surface area (Å²) in [4.78, 5) is 13.9. The van der Waals surface area contributed by atoms with Crippen molar-refractivity contribution in [3.63, 3.8) is 0 Å². The van der Waals surface area contributed by atoms with E-state index in [4.69, 9.17) is 0 Å². The smallest absolute Gasteiger partial charge is 0.228 e. The van der Waals surface area contributed by atoms with Crippen LogP contribution in [0.1, 0.15) is 31.4 Å². The number of hydrogen-bond acceptors (Lipinski definition) is 2.